The molecule has 0 aliphatic carbocycles. The van der Waals surface area contributed by atoms with Crippen LogP contribution in [0.4, 0.5) is 0 Å². The van der Waals surface area contributed by atoms with Crippen LogP contribution in [-0.4, -0.2) is 23.9 Å². The molecule has 0 saturated heterocycles. The smallest absolute Gasteiger partial charge is 0.238 e. The van der Waals surface area contributed by atoms with Crippen LogP contribution in [0, 0.1) is 0 Å². The molecule has 5 nitrogen and oxygen atoms in total. The van der Waals surface area contributed by atoms with Crippen LogP contribution >= 0.6 is 0 Å². The Bertz CT molecular complexity index is 2330. The van der Waals surface area contributed by atoms with Gasteiger partial charge in [-0.25, -0.2) is 4.98 Å². The molecule has 9 rings (SSSR count). The number of rotatable bonds is 4. The van der Waals surface area contributed by atoms with Gasteiger partial charge in [0.1, 0.15) is 0 Å². The number of fused-ring (bicyclic) bond motifs is 3. The number of pyridine rings is 1. The van der Waals surface area contributed by atoms with E-state index in [1.54, 1.807) is 0 Å². The Balaban J connectivity index is 1.40. The third-order valence-electron chi connectivity index (χ3n) is 8.15. The van der Waals surface area contributed by atoms with Gasteiger partial charge in [0, 0.05) is 27.3 Å². The van der Waals surface area contributed by atoms with Gasteiger partial charge in [0.25, 0.3) is 0 Å². The van der Waals surface area contributed by atoms with Gasteiger partial charge in [0.15, 0.2) is 11.6 Å². The van der Waals surface area contributed by atoms with E-state index in [1.807, 2.05) is 60.7 Å². The summed E-state index contributed by atoms with van der Waals surface area (Å²) < 4.78 is 4.59. The Kier molecular flexibility index (Phi) is 4.83. The molecule has 0 fully saturated rings. The van der Waals surface area contributed by atoms with E-state index in [0.29, 0.717) is 17.6 Å². The first-order valence-corrected chi connectivity index (χ1v) is 14.1. The topological polar surface area (TPSA) is 48.0 Å². The zero-order valence-corrected chi connectivity index (χ0v) is 22.5. The van der Waals surface area contributed by atoms with Crippen LogP contribution in [-0.2, 0) is 0 Å². The molecular formula is C37H23N5. The summed E-state index contributed by atoms with van der Waals surface area (Å²) in [5, 5.41) is 3.63. The normalized spacial score (nSPS) is 11.8. The van der Waals surface area contributed by atoms with Crippen molar-refractivity contribution in [2.45, 2.75) is 0 Å². The molecule has 42 heavy (non-hydrogen) atoms. The zero-order chi connectivity index (χ0) is 27.6. The summed E-state index contributed by atoms with van der Waals surface area (Å²) in [6.45, 7) is 0. The van der Waals surface area contributed by atoms with Crippen molar-refractivity contribution in [2.75, 3.05) is 0 Å². The van der Waals surface area contributed by atoms with Crippen LogP contribution in [0.2, 0.25) is 0 Å². The van der Waals surface area contributed by atoms with Crippen LogP contribution in [0.5, 0.6) is 0 Å². The highest BCUT2D eigenvalue weighted by atomic mass is 15.2. The van der Waals surface area contributed by atoms with Crippen LogP contribution in [0.25, 0.3) is 78.2 Å². The van der Waals surface area contributed by atoms with Crippen LogP contribution in [0.1, 0.15) is 0 Å². The molecular weight excluding hydrogens is 514 g/mol. The Morgan fingerprint density at radius 3 is 1.57 bits per heavy atom. The highest BCUT2D eigenvalue weighted by Crippen LogP contribution is 2.42. The summed E-state index contributed by atoms with van der Waals surface area (Å²) in [5.74, 6) is 1.90. The minimum absolute atomic E-state index is 0.604. The molecule has 0 unspecified atom stereocenters. The van der Waals surface area contributed by atoms with Gasteiger partial charge in [0.05, 0.1) is 27.8 Å². The minimum atomic E-state index is 0.604. The second-order valence-electron chi connectivity index (χ2n) is 10.5. The minimum Gasteiger partial charge on any atom is -0.309 e. The molecule has 0 saturated carbocycles. The van der Waals surface area contributed by atoms with E-state index in [-0.39, 0.29) is 0 Å². The van der Waals surface area contributed by atoms with Gasteiger partial charge in [-0.2, -0.15) is 9.97 Å². The molecule has 5 heteroatoms. The summed E-state index contributed by atoms with van der Waals surface area (Å²) in [5.41, 5.74) is 8.75. The van der Waals surface area contributed by atoms with Crippen molar-refractivity contribution in [3.63, 3.8) is 0 Å². The number of hydrogen-bond acceptors (Lipinski definition) is 3. The fourth-order valence-corrected chi connectivity index (χ4v) is 6.34. The second-order valence-corrected chi connectivity index (χ2v) is 10.5. The first-order chi connectivity index (χ1) is 20.8. The molecule has 196 valence electrons. The average Bonchev–Trinajstić information content (AvgIpc) is 3.67. The summed E-state index contributed by atoms with van der Waals surface area (Å²) >= 11 is 0. The predicted octanol–water partition coefficient (Wildman–Crippen LogP) is 8.81. The molecule has 9 aromatic rings. The fourth-order valence-electron chi connectivity index (χ4n) is 6.34. The van der Waals surface area contributed by atoms with E-state index < -0.39 is 0 Å². The summed E-state index contributed by atoms with van der Waals surface area (Å²) in [6, 6.07) is 48.4. The first-order valence-electron chi connectivity index (χ1n) is 14.1. The Labute approximate surface area is 241 Å². The number of benzene rings is 5. The van der Waals surface area contributed by atoms with E-state index >= 15 is 0 Å². The van der Waals surface area contributed by atoms with Crippen molar-refractivity contribution in [1.82, 2.24) is 23.9 Å². The lowest BCUT2D eigenvalue weighted by Crippen LogP contribution is -2.06. The molecule has 0 spiro atoms. The number of hydrogen-bond donors (Lipinski definition) is 0. The van der Waals surface area contributed by atoms with Gasteiger partial charge >= 0.3 is 0 Å². The SMILES string of the molecule is c1ccc(-c2nc(-c3ccccc3)nc(-n3c4cccc5c4c4c3cccc4n3c(-c4ccccc4)ccc53)n2)cc1. The predicted molar refractivity (Wildman–Crippen MR) is 170 cm³/mol. The van der Waals surface area contributed by atoms with Gasteiger partial charge in [-0.15, -0.1) is 0 Å². The number of aromatic nitrogens is 5. The lowest BCUT2D eigenvalue weighted by Gasteiger charge is -2.11. The molecule has 4 heterocycles. The molecule has 5 aromatic carbocycles. The molecule has 0 aliphatic rings. The van der Waals surface area contributed by atoms with Crippen LogP contribution < -0.4 is 0 Å². The maximum Gasteiger partial charge on any atom is 0.238 e. The maximum atomic E-state index is 5.09. The quantitative estimate of drug-likeness (QED) is 0.211. The number of nitrogens with zero attached hydrogens (tertiary/aromatic N) is 5. The summed E-state index contributed by atoms with van der Waals surface area (Å²) in [4.78, 5) is 15.1. The van der Waals surface area contributed by atoms with Crippen molar-refractivity contribution in [2.24, 2.45) is 0 Å². The summed E-state index contributed by atoms with van der Waals surface area (Å²) in [6.07, 6.45) is 0. The highest BCUT2D eigenvalue weighted by Gasteiger charge is 2.23. The molecule has 0 bridgehead atoms. The average molecular weight is 538 g/mol. The van der Waals surface area contributed by atoms with Crippen LogP contribution in [0.15, 0.2) is 140 Å². The van der Waals surface area contributed by atoms with E-state index in [0.717, 1.165) is 27.7 Å². The van der Waals surface area contributed by atoms with E-state index in [1.165, 1.54) is 32.9 Å². The monoisotopic (exact) mass is 537 g/mol. The van der Waals surface area contributed by atoms with E-state index in [4.69, 9.17) is 15.0 Å². The van der Waals surface area contributed by atoms with Gasteiger partial charge in [0.2, 0.25) is 5.95 Å². The van der Waals surface area contributed by atoms with Crippen molar-refractivity contribution >= 4 is 38.2 Å². The molecule has 0 radical (unpaired) electrons. The Morgan fingerprint density at radius 1 is 0.381 bits per heavy atom. The molecule has 4 aromatic heterocycles. The fraction of sp³-hybridized carbons (Fsp3) is 0. The van der Waals surface area contributed by atoms with Crippen molar-refractivity contribution in [3.8, 4) is 40.0 Å². The third-order valence-corrected chi connectivity index (χ3v) is 8.15. The molecule has 0 N–H and O–H groups in total. The lowest BCUT2D eigenvalue weighted by atomic mass is 10.0. The molecule has 0 amide bonds. The lowest BCUT2D eigenvalue weighted by molar-refractivity contribution is 0.953. The third kappa shape index (κ3) is 3.28. The van der Waals surface area contributed by atoms with Crippen molar-refractivity contribution < 1.29 is 0 Å². The van der Waals surface area contributed by atoms with Gasteiger partial charge in [-0.1, -0.05) is 109 Å². The maximum absolute atomic E-state index is 5.09. The van der Waals surface area contributed by atoms with Crippen molar-refractivity contribution in [3.05, 3.63) is 140 Å². The van der Waals surface area contributed by atoms with Gasteiger partial charge < -0.3 is 4.40 Å². The molecule has 0 atom stereocenters. The van der Waals surface area contributed by atoms with Gasteiger partial charge in [-0.3, -0.25) is 4.57 Å². The van der Waals surface area contributed by atoms with Crippen LogP contribution in [0.3, 0.4) is 0 Å². The summed E-state index contributed by atoms with van der Waals surface area (Å²) in [7, 11) is 0. The van der Waals surface area contributed by atoms with E-state index in [9.17, 15) is 0 Å². The zero-order valence-electron chi connectivity index (χ0n) is 22.5. The van der Waals surface area contributed by atoms with Crippen molar-refractivity contribution in [1.29, 1.82) is 0 Å². The first kappa shape index (κ1) is 22.9. The molecule has 0 aliphatic heterocycles. The second kappa shape index (κ2) is 8.85. The standard InChI is InChI=1S/C37H23N5/c1-4-12-24(13-5-1)28-22-23-29-27-18-10-19-30-33(27)34-31(41(28)29)20-11-21-32(34)42(30)37-39-35(25-14-6-2-7-15-25)38-36(40-37)26-16-8-3-9-17-26/h1-23H. The largest absolute Gasteiger partial charge is 0.309 e. The Morgan fingerprint density at radius 2 is 0.929 bits per heavy atom. The van der Waals surface area contributed by atoms with E-state index in [2.05, 4.69) is 87.8 Å². The highest BCUT2D eigenvalue weighted by molar-refractivity contribution is 6.27. The Hall–Kier alpha value is -5.81. The van der Waals surface area contributed by atoms with Gasteiger partial charge in [-0.05, 0) is 35.9 Å².